The van der Waals surface area contributed by atoms with Crippen LogP contribution in [0.25, 0.3) is 0 Å². The first kappa shape index (κ1) is 11.9. The molecule has 0 aromatic heterocycles. The fourth-order valence-corrected chi connectivity index (χ4v) is 1.37. The maximum atomic E-state index is 13.0. The Morgan fingerprint density at radius 3 is 2.67 bits per heavy atom. The lowest BCUT2D eigenvalue weighted by atomic mass is 9.96. The van der Waals surface area contributed by atoms with Crippen molar-refractivity contribution in [2.75, 3.05) is 7.11 Å². The van der Waals surface area contributed by atoms with E-state index in [1.54, 1.807) is 27.0 Å². The van der Waals surface area contributed by atoms with Crippen LogP contribution in [0.3, 0.4) is 0 Å². The molecule has 82 valence electrons. The molecule has 2 nitrogen and oxygen atoms in total. The number of ketones is 1. The Morgan fingerprint density at radius 1 is 1.47 bits per heavy atom. The highest BCUT2D eigenvalue weighted by atomic mass is 19.1. The minimum absolute atomic E-state index is 0.0541. The van der Waals surface area contributed by atoms with Crippen molar-refractivity contribution in [1.29, 1.82) is 0 Å². The lowest BCUT2D eigenvalue weighted by Gasteiger charge is -2.10. The minimum Gasteiger partial charge on any atom is -0.380 e. The van der Waals surface area contributed by atoms with Gasteiger partial charge in [-0.05, 0) is 17.7 Å². The molecule has 1 aromatic rings. The van der Waals surface area contributed by atoms with Crippen LogP contribution in [0.5, 0.6) is 0 Å². The van der Waals surface area contributed by atoms with Gasteiger partial charge in [0.2, 0.25) is 0 Å². The van der Waals surface area contributed by atoms with E-state index in [9.17, 15) is 9.18 Å². The van der Waals surface area contributed by atoms with E-state index in [0.29, 0.717) is 12.2 Å². The lowest BCUT2D eigenvalue weighted by molar-refractivity contribution is 0.0934. The zero-order valence-corrected chi connectivity index (χ0v) is 9.21. The summed E-state index contributed by atoms with van der Waals surface area (Å²) in [5.74, 6) is -0.581. The van der Waals surface area contributed by atoms with Crippen molar-refractivity contribution in [3.8, 4) is 0 Å². The van der Waals surface area contributed by atoms with Crippen LogP contribution in [0.4, 0.5) is 4.39 Å². The summed E-state index contributed by atoms with van der Waals surface area (Å²) in [7, 11) is 1.55. The van der Waals surface area contributed by atoms with E-state index >= 15 is 0 Å². The molecule has 0 bridgehead atoms. The number of hydrogen-bond acceptors (Lipinski definition) is 2. The summed E-state index contributed by atoms with van der Waals surface area (Å²) in [6.07, 6.45) is 0. The Kier molecular flexibility index (Phi) is 3.97. The first-order valence-corrected chi connectivity index (χ1v) is 4.87. The van der Waals surface area contributed by atoms with Crippen molar-refractivity contribution < 1.29 is 13.9 Å². The molecule has 0 saturated heterocycles. The molecule has 3 heteroatoms. The Hall–Kier alpha value is -1.22. The molecule has 0 fully saturated rings. The summed E-state index contributed by atoms with van der Waals surface area (Å²) in [5, 5.41) is 0. The van der Waals surface area contributed by atoms with E-state index in [2.05, 4.69) is 0 Å². The predicted octanol–water partition coefficient (Wildman–Crippen LogP) is 2.81. The second kappa shape index (κ2) is 5.03. The Labute approximate surface area is 89.1 Å². The number of ether oxygens (including phenoxy) is 1. The molecule has 0 radical (unpaired) electrons. The van der Waals surface area contributed by atoms with Crippen LogP contribution in [-0.2, 0) is 11.3 Å². The number of hydrogen-bond donors (Lipinski definition) is 0. The molecule has 0 heterocycles. The molecule has 0 saturated carbocycles. The largest absolute Gasteiger partial charge is 0.380 e. The number of rotatable bonds is 4. The number of Topliss-reactive ketones (excluding diaryl/α,β-unsaturated/α-hetero) is 1. The highest BCUT2D eigenvalue weighted by molar-refractivity contribution is 5.98. The maximum Gasteiger partial charge on any atom is 0.165 e. The smallest absolute Gasteiger partial charge is 0.165 e. The highest BCUT2D eigenvalue weighted by Crippen LogP contribution is 2.16. The molecule has 0 atom stereocenters. The maximum absolute atomic E-state index is 13.0. The molecule has 1 aromatic carbocycles. The Balaban J connectivity index is 3.12. The molecule has 0 N–H and O–H groups in total. The van der Waals surface area contributed by atoms with E-state index in [1.165, 1.54) is 12.1 Å². The predicted molar refractivity (Wildman–Crippen MR) is 56.3 cm³/mol. The van der Waals surface area contributed by atoms with E-state index in [0.717, 1.165) is 5.56 Å². The van der Waals surface area contributed by atoms with Crippen LogP contribution in [0.15, 0.2) is 18.2 Å². The average molecular weight is 210 g/mol. The standard InChI is InChI=1S/C12H15FO2/c1-8(2)12(14)11-6-10(13)5-4-9(11)7-15-3/h4-6,8H,7H2,1-3H3. The third-order valence-corrected chi connectivity index (χ3v) is 2.16. The van der Waals surface area contributed by atoms with Gasteiger partial charge in [0, 0.05) is 18.6 Å². The number of carbonyl (C=O) groups excluding carboxylic acids is 1. The molecule has 0 aliphatic heterocycles. The van der Waals surface area contributed by atoms with E-state index in [4.69, 9.17) is 4.74 Å². The summed E-state index contributed by atoms with van der Waals surface area (Å²) in [6.45, 7) is 3.92. The summed E-state index contributed by atoms with van der Waals surface area (Å²) in [6, 6.07) is 4.20. The van der Waals surface area contributed by atoms with Crippen LogP contribution in [0.1, 0.15) is 29.8 Å². The third kappa shape index (κ3) is 2.86. The monoisotopic (exact) mass is 210 g/mol. The van der Waals surface area contributed by atoms with E-state index < -0.39 is 0 Å². The number of benzene rings is 1. The summed E-state index contributed by atoms with van der Waals surface area (Å²) in [4.78, 5) is 11.8. The van der Waals surface area contributed by atoms with Crippen LogP contribution in [0.2, 0.25) is 0 Å². The molecule has 0 spiro atoms. The van der Waals surface area contributed by atoms with Crippen molar-refractivity contribution in [3.63, 3.8) is 0 Å². The van der Waals surface area contributed by atoms with Crippen LogP contribution >= 0.6 is 0 Å². The molecule has 0 aliphatic carbocycles. The zero-order chi connectivity index (χ0) is 11.4. The third-order valence-electron chi connectivity index (χ3n) is 2.16. The van der Waals surface area contributed by atoms with Crippen LogP contribution in [-0.4, -0.2) is 12.9 Å². The molecule has 1 rings (SSSR count). The average Bonchev–Trinajstić information content (AvgIpc) is 2.20. The summed E-state index contributed by atoms with van der Waals surface area (Å²) < 4.78 is 18.0. The zero-order valence-electron chi connectivity index (χ0n) is 9.21. The van der Waals surface area contributed by atoms with Gasteiger partial charge in [-0.25, -0.2) is 4.39 Å². The topological polar surface area (TPSA) is 26.3 Å². The first-order chi connectivity index (χ1) is 7.06. The molecule has 0 aliphatic rings. The lowest BCUT2D eigenvalue weighted by Crippen LogP contribution is -2.11. The van der Waals surface area contributed by atoms with Gasteiger partial charge in [0.25, 0.3) is 0 Å². The number of carbonyl (C=O) groups is 1. The minimum atomic E-state index is -0.390. The van der Waals surface area contributed by atoms with E-state index in [1.807, 2.05) is 0 Å². The van der Waals surface area contributed by atoms with Crippen molar-refractivity contribution in [2.24, 2.45) is 5.92 Å². The van der Waals surface area contributed by atoms with Gasteiger partial charge in [-0.3, -0.25) is 4.79 Å². The second-order valence-corrected chi connectivity index (χ2v) is 3.75. The SMILES string of the molecule is COCc1ccc(F)cc1C(=O)C(C)C. The Morgan fingerprint density at radius 2 is 2.13 bits per heavy atom. The van der Waals surface area contributed by atoms with Crippen LogP contribution in [0, 0.1) is 11.7 Å². The highest BCUT2D eigenvalue weighted by Gasteiger charge is 2.15. The molecular formula is C12H15FO2. The van der Waals surface area contributed by atoms with E-state index in [-0.39, 0.29) is 17.5 Å². The van der Waals surface area contributed by atoms with Gasteiger partial charge in [-0.15, -0.1) is 0 Å². The normalized spacial score (nSPS) is 10.7. The summed E-state index contributed by atoms with van der Waals surface area (Å²) >= 11 is 0. The van der Waals surface area contributed by atoms with Gasteiger partial charge in [-0.2, -0.15) is 0 Å². The second-order valence-electron chi connectivity index (χ2n) is 3.75. The quantitative estimate of drug-likeness (QED) is 0.714. The summed E-state index contributed by atoms with van der Waals surface area (Å²) in [5.41, 5.74) is 1.16. The molecule has 15 heavy (non-hydrogen) atoms. The van der Waals surface area contributed by atoms with Gasteiger partial charge in [0.05, 0.1) is 6.61 Å². The van der Waals surface area contributed by atoms with Gasteiger partial charge in [-0.1, -0.05) is 19.9 Å². The van der Waals surface area contributed by atoms with Gasteiger partial charge >= 0.3 is 0 Å². The van der Waals surface area contributed by atoms with Crippen molar-refractivity contribution in [2.45, 2.75) is 20.5 Å². The number of halogens is 1. The number of methoxy groups -OCH3 is 1. The van der Waals surface area contributed by atoms with Gasteiger partial charge in [0.1, 0.15) is 5.82 Å². The fourth-order valence-electron chi connectivity index (χ4n) is 1.37. The van der Waals surface area contributed by atoms with Gasteiger partial charge < -0.3 is 4.74 Å². The van der Waals surface area contributed by atoms with Gasteiger partial charge in [0.15, 0.2) is 5.78 Å². The van der Waals surface area contributed by atoms with Crippen molar-refractivity contribution >= 4 is 5.78 Å². The fraction of sp³-hybridized carbons (Fsp3) is 0.417. The Bertz CT molecular complexity index is 359. The molecule has 0 amide bonds. The van der Waals surface area contributed by atoms with Crippen molar-refractivity contribution in [1.82, 2.24) is 0 Å². The van der Waals surface area contributed by atoms with Crippen molar-refractivity contribution in [3.05, 3.63) is 35.1 Å². The molecule has 0 unspecified atom stereocenters. The first-order valence-electron chi connectivity index (χ1n) is 4.87. The van der Waals surface area contributed by atoms with Crippen LogP contribution < -0.4 is 0 Å². The molecular weight excluding hydrogens is 195 g/mol.